The third kappa shape index (κ3) is 5.08. The van der Waals surface area contributed by atoms with Crippen LogP contribution in [0, 0.1) is 5.92 Å². The standard InChI is InChI=1S/C18H21N3O3/c1-13(2)18(24)20-15-8-6-14(7-9-15)11-19-16(22)12-21-10-4-3-5-17(21)23/h3-10,13H,11-12H2,1-2H3,(H,19,22)(H,20,24). The number of aromatic nitrogens is 1. The van der Waals surface area contributed by atoms with Crippen LogP contribution in [0.1, 0.15) is 19.4 Å². The topological polar surface area (TPSA) is 80.2 Å². The molecule has 0 bridgehead atoms. The van der Waals surface area contributed by atoms with Gasteiger partial charge in [0.15, 0.2) is 0 Å². The monoisotopic (exact) mass is 327 g/mol. The lowest BCUT2D eigenvalue weighted by Crippen LogP contribution is -2.31. The normalized spacial score (nSPS) is 10.5. The van der Waals surface area contributed by atoms with Crippen molar-refractivity contribution in [3.8, 4) is 0 Å². The second-order valence-electron chi connectivity index (χ2n) is 5.78. The summed E-state index contributed by atoms with van der Waals surface area (Å²) in [6, 6.07) is 12.0. The van der Waals surface area contributed by atoms with Crippen molar-refractivity contribution in [3.63, 3.8) is 0 Å². The van der Waals surface area contributed by atoms with Crippen LogP contribution in [0.5, 0.6) is 0 Å². The predicted molar refractivity (Wildman–Crippen MR) is 92.5 cm³/mol. The van der Waals surface area contributed by atoms with Gasteiger partial charge in [-0.05, 0) is 23.8 Å². The molecule has 0 fully saturated rings. The molecule has 6 nitrogen and oxygen atoms in total. The minimum atomic E-state index is -0.236. The molecule has 0 saturated carbocycles. The maximum absolute atomic E-state index is 11.9. The van der Waals surface area contributed by atoms with E-state index in [-0.39, 0.29) is 29.8 Å². The zero-order chi connectivity index (χ0) is 17.5. The molecular weight excluding hydrogens is 306 g/mol. The molecule has 2 N–H and O–H groups in total. The van der Waals surface area contributed by atoms with E-state index in [0.29, 0.717) is 6.54 Å². The average molecular weight is 327 g/mol. The van der Waals surface area contributed by atoms with Crippen molar-refractivity contribution in [1.29, 1.82) is 0 Å². The molecule has 0 aliphatic heterocycles. The van der Waals surface area contributed by atoms with E-state index in [0.717, 1.165) is 11.3 Å². The summed E-state index contributed by atoms with van der Waals surface area (Å²) in [7, 11) is 0. The number of rotatable bonds is 6. The van der Waals surface area contributed by atoms with E-state index in [1.807, 2.05) is 26.0 Å². The van der Waals surface area contributed by atoms with Gasteiger partial charge >= 0.3 is 0 Å². The summed E-state index contributed by atoms with van der Waals surface area (Å²) in [5, 5.41) is 5.58. The number of pyridine rings is 1. The van der Waals surface area contributed by atoms with Crippen LogP contribution in [0.15, 0.2) is 53.5 Å². The molecule has 1 heterocycles. The number of benzene rings is 1. The molecule has 0 unspecified atom stereocenters. The fourth-order valence-corrected chi connectivity index (χ4v) is 2.00. The third-order valence-electron chi connectivity index (χ3n) is 3.45. The van der Waals surface area contributed by atoms with Gasteiger partial charge in [0.1, 0.15) is 6.54 Å². The van der Waals surface area contributed by atoms with E-state index in [1.54, 1.807) is 30.5 Å². The van der Waals surface area contributed by atoms with Gasteiger partial charge < -0.3 is 15.2 Å². The highest BCUT2D eigenvalue weighted by atomic mass is 16.2. The lowest BCUT2D eigenvalue weighted by atomic mass is 10.1. The largest absolute Gasteiger partial charge is 0.350 e. The Kier molecular flexibility index (Phi) is 5.89. The van der Waals surface area contributed by atoms with E-state index in [1.165, 1.54) is 10.6 Å². The first-order chi connectivity index (χ1) is 11.5. The number of amides is 2. The second kappa shape index (κ2) is 8.10. The first-order valence-corrected chi connectivity index (χ1v) is 7.77. The zero-order valence-electron chi connectivity index (χ0n) is 13.8. The molecule has 0 atom stereocenters. The second-order valence-corrected chi connectivity index (χ2v) is 5.78. The average Bonchev–Trinajstić information content (AvgIpc) is 2.56. The predicted octanol–water partition coefficient (Wildman–Crippen LogP) is 1.76. The first-order valence-electron chi connectivity index (χ1n) is 7.77. The smallest absolute Gasteiger partial charge is 0.250 e. The van der Waals surface area contributed by atoms with Crippen molar-refractivity contribution >= 4 is 17.5 Å². The number of hydrogen-bond acceptors (Lipinski definition) is 3. The number of anilines is 1. The minimum absolute atomic E-state index is 0.0117. The highest BCUT2D eigenvalue weighted by molar-refractivity contribution is 5.92. The van der Waals surface area contributed by atoms with E-state index < -0.39 is 0 Å². The molecule has 2 rings (SSSR count). The first kappa shape index (κ1) is 17.5. The van der Waals surface area contributed by atoms with Crippen molar-refractivity contribution < 1.29 is 9.59 Å². The van der Waals surface area contributed by atoms with Crippen LogP contribution in [0.2, 0.25) is 0 Å². The Hall–Kier alpha value is -2.89. The highest BCUT2D eigenvalue weighted by Gasteiger charge is 2.07. The van der Waals surface area contributed by atoms with E-state index >= 15 is 0 Å². The molecule has 0 saturated heterocycles. The van der Waals surface area contributed by atoms with Crippen molar-refractivity contribution in [3.05, 3.63) is 64.6 Å². The number of nitrogens with one attached hydrogen (secondary N) is 2. The van der Waals surface area contributed by atoms with Crippen LogP contribution in [0.3, 0.4) is 0 Å². The number of carbonyl (C=O) groups is 2. The molecule has 2 aromatic rings. The Morgan fingerprint density at radius 1 is 1.08 bits per heavy atom. The lowest BCUT2D eigenvalue weighted by molar-refractivity contribution is -0.122. The quantitative estimate of drug-likeness (QED) is 0.848. The van der Waals surface area contributed by atoms with Gasteiger partial charge in [-0.3, -0.25) is 14.4 Å². The van der Waals surface area contributed by atoms with Crippen molar-refractivity contribution in [1.82, 2.24) is 9.88 Å². The molecule has 24 heavy (non-hydrogen) atoms. The van der Waals surface area contributed by atoms with Crippen molar-refractivity contribution in [2.24, 2.45) is 5.92 Å². The van der Waals surface area contributed by atoms with Gasteiger partial charge in [0.25, 0.3) is 5.56 Å². The van der Waals surface area contributed by atoms with E-state index in [2.05, 4.69) is 10.6 Å². The van der Waals surface area contributed by atoms with E-state index in [4.69, 9.17) is 0 Å². The van der Waals surface area contributed by atoms with Crippen LogP contribution in [0.25, 0.3) is 0 Å². The maximum Gasteiger partial charge on any atom is 0.250 e. The van der Waals surface area contributed by atoms with E-state index in [9.17, 15) is 14.4 Å². The number of carbonyl (C=O) groups excluding carboxylic acids is 2. The third-order valence-corrected chi connectivity index (χ3v) is 3.45. The SMILES string of the molecule is CC(C)C(=O)Nc1ccc(CNC(=O)Cn2ccccc2=O)cc1. The summed E-state index contributed by atoms with van der Waals surface area (Å²) >= 11 is 0. The molecule has 126 valence electrons. The van der Waals surface area contributed by atoms with Crippen molar-refractivity contribution in [2.45, 2.75) is 26.9 Å². The summed E-state index contributed by atoms with van der Waals surface area (Å²) in [4.78, 5) is 35.1. The maximum atomic E-state index is 11.9. The summed E-state index contributed by atoms with van der Waals surface area (Å²) in [5.41, 5.74) is 1.42. The van der Waals surface area contributed by atoms with Crippen molar-refractivity contribution in [2.75, 3.05) is 5.32 Å². The lowest BCUT2D eigenvalue weighted by Gasteiger charge is -2.10. The van der Waals surface area contributed by atoms with Gasteiger partial charge in [0.2, 0.25) is 11.8 Å². The summed E-state index contributed by atoms with van der Waals surface area (Å²) in [5.74, 6) is -0.352. The Balaban J connectivity index is 1.86. The van der Waals surface area contributed by atoms with Crippen LogP contribution in [-0.4, -0.2) is 16.4 Å². The summed E-state index contributed by atoms with van der Waals surface area (Å²) in [6.45, 7) is 4.01. The Morgan fingerprint density at radius 2 is 1.79 bits per heavy atom. The van der Waals surface area contributed by atoms with Gasteiger partial charge in [-0.25, -0.2) is 0 Å². The highest BCUT2D eigenvalue weighted by Crippen LogP contribution is 2.10. The number of nitrogens with zero attached hydrogens (tertiary/aromatic N) is 1. The van der Waals surface area contributed by atoms with Gasteiger partial charge in [-0.1, -0.05) is 32.0 Å². The molecular formula is C18H21N3O3. The molecule has 0 radical (unpaired) electrons. The summed E-state index contributed by atoms with van der Waals surface area (Å²) < 4.78 is 1.35. The molecule has 1 aromatic carbocycles. The van der Waals surface area contributed by atoms with Gasteiger partial charge in [-0.15, -0.1) is 0 Å². The fourth-order valence-electron chi connectivity index (χ4n) is 2.00. The van der Waals surface area contributed by atoms with Gasteiger partial charge in [-0.2, -0.15) is 0 Å². The summed E-state index contributed by atoms with van der Waals surface area (Å²) in [6.07, 6.45) is 1.58. The molecule has 0 aliphatic carbocycles. The molecule has 6 heteroatoms. The Labute approximate surface area is 140 Å². The fraction of sp³-hybridized carbons (Fsp3) is 0.278. The van der Waals surface area contributed by atoms with Crippen LogP contribution >= 0.6 is 0 Å². The molecule has 0 aliphatic rings. The van der Waals surface area contributed by atoms with Gasteiger partial charge in [0, 0.05) is 30.4 Å². The molecule has 0 spiro atoms. The van der Waals surface area contributed by atoms with Gasteiger partial charge in [0.05, 0.1) is 0 Å². The Morgan fingerprint density at radius 3 is 2.42 bits per heavy atom. The van der Waals surface area contributed by atoms with Crippen LogP contribution < -0.4 is 16.2 Å². The Bertz CT molecular complexity index is 764. The van der Waals surface area contributed by atoms with Crippen LogP contribution in [0.4, 0.5) is 5.69 Å². The molecule has 2 amide bonds. The minimum Gasteiger partial charge on any atom is -0.350 e. The molecule has 1 aromatic heterocycles. The number of hydrogen-bond donors (Lipinski definition) is 2. The van der Waals surface area contributed by atoms with Crippen LogP contribution in [-0.2, 0) is 22.7 Å². The zero-order valence-corrected chi connectivity index (χ0v) is 13.8.